The highest BCUT2D eigenvalue weighted by Crippen LogP contribution is 2.46. The first-order chi connectivity index (χ1) is 13.8. The van der Waals surface area contributed by atoms with Gasteiger partial charge < -0.3 is 0 Å². The maximum absolute atomic E-state index is 13.6. The van der Waals surface area contributed by atoms with E-state index >= 15 is 0 Å². The van der Waals surface area contributed by atoms with Gasteiger partial charge in [-0.1, -0.05) is 18.2 Å². The third kappa shape index (κ3) is 3.61. The van der Waals surface area contributed by atoms with Crippen LogP contribution in [0.1, 0.15) is 42.7 Å². The molecule has 2 heterocycles. The third-order valence-electron chi connectivity index (χ3n) is 5.26. The predicted molar refractivity (Wildman–Crippen MR) is 104 cm³/mol. The quantitative estimate of drug-likeness (QED) is 0.598. The fraction of sp³-hybridized carbons (Fsp3) is 0.286. The lowest BCUT2D eigenvalue weighted by atomic mass is 9.76. The SMILES string of the molecule is O=C1CCCC2=C1C(c1ccccc1C(F)(F)F)CC(=O)N2c1ccc(Br)cn1. The van der Waals surface area contributed by atoms with E-state index in [2.05, 4.69) is 20.9 Å². The molecule has 0 saturated carbocycles. The fourth-order valence-corrected chi connectivity index (χ4v) is 4.32. The van der Waals surface area contributed by atoms with Crippen LogP contribution in [0.3, 0.4) is 0 Å². The van der Waals surface area contributed by atoms with Crippen LogP contribution in [0.4, 0.5) is 19.0 Å². The van der Waals surface area contributed by atoms with Crippen LogP contribution in [-0.4, -0.2) is 16.7 Å². The van der Waals surface area contributed by atoms with Gasteiger partial charge in [-0.2, -0.15) is 13.2 Å². The molecular formula is C21H16BrF3N2O2. The van der Waals surface area contributed by atoms with Gasteiger partial charge in [0.05, 0.1) is 5.56 Å². The second-order valence-corrected chi connectivity index (χ2v) is 7.96. The number of rotatable bonds is 2. The maximum Gasteiger partial charge on any atom is 0.416 e. The number of nitrogens with zero attached hydrogens (tertiary/aromatic N) is 2. The number of hydrogen-bond acceptors (Lipinski definition) is 3. The number of alkyl halides is 3. The molecule has 0 fully saturated rings. The number of allylic oxidation sites excluding steroid dienone is 2. The Hall–Kier alpha value is -2.48. The van der Waals surface area contributed by atoms with E-state index in [1.165, 1.54) is 23.1 Å². The Bertz CT molecular complexity index is 1020. The van der Waals surface area contributed by atoms with Gasteiger partial charge in [-0.3, -0.25) is 14.5 Å². The monoisotopic (exact) mass is 464 g/mol. The van der Waals surface area contributed by atoms with Gasteiger partial charge in [0.25, 0.3) is 0 Å². The maximum atomic E-state index is 13.6. The lowest BCUT2D eigenvalue weighted by Crippen LogP contribution is -2.41. The minimum atomic E-state index is -4.57. The minimum Gasteiger partial charge on any atom is -0.294 e. The van der Waals surface area contributed by atoms with Crippen molar-refractivity contribution in [3.8, 4) is 0 Å². The van der Waals surface area contributed by atoms with E-state index in [0.717, 1.165) is 10.5 Å². The van der Waals surface area contributed by atoms with E-state index in [4.69, 9.17) is 0 Å². The summed E-state index contributed by atoms with van der Waals surface area (Å²) < 4.78 is 41.5. The van der Waals surface area contributed by atoms with Crippen LogP contribution in [0.25, 0.3) is 0 Å². The molecule has 0 spiro atoms. The van der Waals surface area contributed by atoms with Crippen LogP contribution in [0, 0.1) is 0 Å². The van der Waals surface area contributed by atoms with E-state index in [0.29, 0.717) is 29.9 Å². The molecule has 150 valence electrons. The first kappa shape index (κ1) is 19.8. The Morgan fingerprint density at radius 3 is 2.52 bits per heavy atom. The van der Waals surface area contributed by atoms with E-state index < -0.39 is 17.7 Å². The second-order valence-electron chi connectivity index (χ2n) is 7.04. The molecule has 0 saturated heterocycles. The molecule has 1 aliphatic carbocycles. The number of pyridine rings is 1. The number of carbonyl (C=O) groups excluding carboxylic acids is 2. The van der Waals surface area contributed by atoms with Gasteiger partial charge in [0.15, 0.2) is 5.78 Å². The van der Waals surface area contributed by atoms with Crippen molar-refractivity contribution in [1.82, 2.24) is 4.98 Å². The highest BCUT2D eigenvalue weighted by atomic mass is 79.9. The van der Waals surface area contributed by atoms with Crippen molar-refractivity contribution < 1.29 is 22.8 Å². The van der Waals surface area contributed by atoms with Gasteiger partial charge in [-0.25, -0.2) is 4.98 Å². The summed E-state index contributed by atoms with van der Waals surface area (Å²) in [5.41, 5.74) is -0.0654. The van der Waals surface area contributed by atoms with Crippen molar-refractivity contribution in [2.75, 3.05) is 4.90 Å². The van der Waals surface area contributed by atoms with Crippen LogP contribution in [-0.2, 0) is 15.8 Å². The summed E-state index contributed by atoms with van der Waals surface area (Å²) in [6, 6.07) is 8.55. The molecule has 1 aliphatic heterocycles. The number of carbonyl (C=O) groups is 2. The average Bonchev–Trinajstić information content (AvgIpc) is 2.68. The Kier molecular flexibility index (Phi) is 5.06. The van der Waals surface area contributed by atoms with Crippen LogP contribution in [0.15, 0.2) is 58.3 Å². The number of anilines is 1. The van der Waals surface area contributed by atoms with E-state index in [-0.39, 0.29) is 30.1 Å². The molecule has 2 aliphatic rings. The van der Waals surface area contributed by atoms with E-state index in [9.17, 15) is 22.8 Å². The molecule has 4 rings (SSSR count). The van der Waals surface area contributed by atoms with E-state index in [1.54, 1.807) is 18.3 Å². The summed E-state index contributed by atoms with van der Waals surface area (Å²) in [4.78, 5) is 31.5. The van der Waals surface area contributed by atoms with Crippen molar-refractivity contribution in [1.29, 1.82) is 0 Å². The number of Topliss-reactive ketones (excluding diaryl/α,β-unsaturated/α-hetero) is 1. The zero-order valence-electron chi connectivity index (χ0n) is 15.2. The van der Waals surface area contributed by atoms with Gasteiger partial charge in [-0.15, -0.1) is 0 Å². The Morgan fingerprint density at radius 1 is 1.07 bits per heavy atom. The number of hydrogen-bond donors (Lipinski definition) is 0. The van der Waals surface area contributed by atoms with Gasteiger partial charge in [0, 0.05) is 40.7 Å². The highest BCUT2D eigenvalue weighted by molar-refractivity contribution is 9.10. The van der Waals surface area contributed by atoms with Crippen LogP contribution < -0.4 is 4.90 Å². The molecular weight excluding hydrogens is 449 g/mol. The molecule has 1 amide bonds. The Morgan fingerprint density at radius 2 is 1.83 bits per heavy atom. The van der Waals surface area contributed by atoms with Gasteiger partial charge in [0.2, 0.25) is 5.91 Å². The zero-order chi connectivity index (χ0) is 20.8. The normalized spacial score (nSPS) is 20.1. The number of halogens is 4. The minimum absolute atomic E-state index is 0.0282. The molecule has 0 radical (unpaired) electrons. The Balaban J connectivity index is 1.89. The van der Waals surface area contributed by atoms with Crippen molar-refractivity contribution in [2.24, 2.45) is 0 Å². The summed E-state index contributed by atoms with van der Waals surface area (Å²) >= 11 is 3.29. The standard InChI is InChI=1S/C21H16BrF3N2O2/c22-12-8-9-18(26-11-12)27-16-6-3-7-17(28)20(16)14(10-19(27)29)13-4-1-2-5-15(13)21(23,24)25/h1-2,4-5,8-9,11,14H,3,6-7,10H2. The van der Waals surface area contributed by atoms with Crippen molar-refractivity contribution in [2.45, 2.75) is 37.8 Å². The van der Waals surface area contributed by atoms with Crippen molar-refractivity contribution in [3.63, 3.8) is 0 Å². The summed E-state index contributed by atoms with van der Waals surface area (Å²) in [7, 11) is 0. The summed E-state index contributed by atoms with van der Waals surface area (Å²) in [6.07, 6.45) is -1.99. The largest absolute Gasteiger partial charge is 0.416 e. The number of benzene rings is 1. The van der Waals surface area contributed by atoms with Gasteiger partial charge in [-0.05, 0) is 52.5 Å². The molecule has 8 heteroatoms. The molecule has 1 unspecified atom stereocenters. The smallest absolute Gasteiger partial charge is 0.294 e. The first-order valence-corrected chi connectivity index (χ1v) is 9.93. The predicted octanol–water partition coefficient (Wildman–Crippen LogP) is 5.39. The fourth-order valence-electron chi connectivity index (χ4n) is 4.08. The van der Waals surface area contributed by atoms with Crippen LogP contribution >= 0.6 is 15.9 Å². The molecule has 4 nitrogen and oxygen atoms in total. The number of amides is 1. The molecule has 29 heavy (non-hydrogen) atoms. The molecule has 2 aromatic rings. The Labute approximate surface area is 173 Å². The molecule has 1 atom stereocenters. The molecule has 1 aromatic carbocycles. The second kappa shape index (κ2) is 7.40. The number of ketones is 1. The molecule has 1 aromatic heterocycles. The van der Waals surface area contributed by atoms with Gasteiger partial charge in [0.1, 0.15) is 5.82 Å². The number of aromatic nitrogens is 1. The summed E-state index contributed by atoms with van der Waals surface area (Å²) in [5, 5.41) is 0. The first-order valence-electron chi connectivity index (χ1n) is 9.14. The van der Waals surface area contributed by atoms with Crippen molar-refractivity contribution in [3.05, 3.63) is 69.5 Å². The topological polar surface area (TPSA) is 50.3 Å². The third-order valence-corrected chi connectivity index (χ3v) is 5.73. The lowest BCUT2D eigenvalue weighted by Gasteiger charge is -2.38. The summed E-state index contributed by atoms with van der Waals surface area (Å²) in [6.45, 7) is 0. The van der Waals surface area contributed by atoms with E-state index in [1.807, 2.05) is 0 Å². The highest BCUT2D eigenvalue weighted by Gasteiger charge is 2.43. The molecule has 0 N–H and O–H groups in total. The average molecular weight is 465 g/mol. The van der Waals surface area contributed by atoms with Gasteiger partial charge >= 0.3 is 6.18 Å². The lowest BCUT2D eigenvalue weighted by molar-refractivity contribution is -0.138. The zero-order valence-corrected chi connectivity index (χ0v) is 16.8. The van der Waals surface area contributed by atoms with Crippen molar-refractivity contribution >= 4 is 33.4 Å². The summed E-state index contributed by atoms with van der Waals surface area (Å²) in [5.74, 6) is -1.11. The van der Waals surface area contributed by atoms with Crippen LogP contribution in [0.2, 0.25) is 0 Å². The molecule has 0 bridgehead atoms. The van der Waals surface area contributed by atoms with Crippen LogP contribution in [0.5, 0.6) is 0 Å².